The van der Waals surface area contributed by atoms with Crippen LogP contribution in [-0.2, 0) is 6.42 Å². The Morgan fingerprint density at radius 1 is 1.38 bits per heavy atom. The molecule has 3 heteroatoms. The molecule has 1 N–H and O–H groups in total. The molecule has 1 aromatic carbocycles. The molecule has 0 spiro atoms. The molecular weight excluding hydrogens is 186 g/mol. The summed E-state index contributed by atoms with van der Waals surface area (Å²) < 4.78 is 0. The zero-order chi connectivity index (χ0) is 9.68. The van der Waals surface area contributed by atoms with Crippen LogP contribution in [0.3, 0.4) is 0 Å². The number of amides is 1. The average molecular weight is 198 g/mol. The molecule has 1 aromatic rings. The third-order valence-electron chi connectivity index (χ3n) is 1.74. The van der Waals surface area contributed by atoms with E-state index in [1.54, 1.807) is 0 Å². The summed E-state index contributed by atoms with van der Waals surface area (Å²) in [5.74, 6) is 0. The Morgan fingerprint density at radius 2 is 2.00 bits per heavy atom. The number of nitrogens with one attached hydrogen (secondary N) is 1. The largest absolute Gasteiger partial charge is 0.318 e. The fourth-order valence-electron chi connectivity index (χ4n) is 1.16. The van der Waals surface area contributed by atoms with Gasteiger partial charge >= 0.3 is 5.37 Å². The highest BCUT2D eigenvalue weighted by atomic mass is 35.5. The summed E-state index contributed by atoms with van der Waals surface area (Å²) in [6.07, 6.45) is 2.19. The van der Waals surface area contributed by atoms with Crippen LogP contribution in [0.5, 0.6) is 0 Å². The second-order valence-corrected chi connectivity index (χ2v) is 3.19. The molecule has 0 aliphatic rings. The first-order valence-electron chi connectivity index (χ1n) is 4.28. The molecule has 1 amide bonds. The van der Waals surface area contributed by atoms with E-state index in [1.165, 1.54) is 5.56 Å². The summed E-state index contributed by atoms with van der Waals surface area (Å²) in [5, 5.41) is 1.95. The molecule has 0 aliphatic heterocycles. The third-order valence-corrected chi connectivity index (χ3v) is 1.83. The van der Waals surface area contributed by atoms with Crippen LogP contribution in [-0.4, -0.2) is 5.37 Å². The van der Waals surface area contributed by atoms with Gasteiger partial charge in [-0.15, -0.1) is 0 Å². The van der Waals surface area contributed by atoms with Crippen molar-refractivity contribution in [3.05, 3.63) is 29.8 Å². The number of benzene rings is 1. The fraction of sp³-hybridized carbons (Fsp3) is 0.300. The van der Waals surface area contributed by atoms with Gasteiger partial charge in [-0.25, -0.2) is 0 Å². The van der Waals surface area contributed by atoms with E-state index in [0.29, 0.717) is 0 Å². The number of hydrogen-bond donors (Lipinski definition) is 1. The number of anilines is 1. The minimum absolute atomic E-state index is 0.553. The van der Waals surface area contributed by atoms with Gasteiger partial charge in [-0.3, -0.25) is 4.79 Å². The van der Waals surface area contributed by atoms with Crippen LogP contribution in [0.25, 0.3) is 0 Å². The molecule has 2 nitrogen and oxygen atoms in total. The Morgan fingerprint density at radius 3 is 2.46 bits per heavy atom. The number of halogens is 1. The number of hydrogen-bond acceptors (Lipinski definition) is 1. The molecule has 0 unspecified atom stereocenters. The van der Waals surface area contributed by atoms with E-state index in [9.17, 15) is 4.79 Å². The van der Waals surface area contributed by atoms with E-state index in [2.05, 4.69) is 12.2 Å². The van der Waals surface area contributed by atoms with Crippen LogP contribution in [0.4, 0.5) is 10.5 Å². The monoisotopic (exact) mass is 197 g/mol. The summed E-state index contributed by atoms with van der Waals surface area (Å²) in [4.78, 5) is 10.5. The van der Waals surface area contributed by atoms with E-state index in [0.717, 1.165) is 18.5 Å². The van der Waals surface area contributed by atoms with Crippen LogP contribution in [0.2, 0.25) is 0 Å². The second kappa shape index (κ2) is 4.87. The quantitative estimate of drug-likeness (QED) is 0.584. The third kappa shape index (κ3) is 3.47. The van der Waals surface area contributed by atoms with Crippen molar-refractivity contribution < 1.29 is 4.79 Å². The highest BCUT2D eigenvalue weighted by molar-refractivity contribution is 6.65. The maximum absolute atomic E-state index is 10.5. The standard InChI is InChI=1S/C10H12ClNO/c1-2-3-8-4-6-9(7-5-8)12-10(11)13/h4-7H,2-3H2,1H3,(H,12,13). The first-order valence-corrected chi connectivity index (χ1v) is 4.65. The van der Waals surface area contributed by atoms with Crippen molar-refractivity contribution in [1.29, 1.82) is 0 Å². The molecular formula is C10H12ClNO. The maximum atomic E-state index is 10.5. The normalized spacial score (nSPS) is 9.69. The van der Waals surface area contributed by atoms with Gasteiger partial charge in [0.15, 0.2) is 0 Å². The first-order chi connectivity index (χ1) is 6.22. The second-order valence-electron chi connectivity index (χ2n) is 2.85. The van der Waals surface area contributed by atoms with Crippen LogP contribution in [0.15, 0.2) is 24.3 Å². The number of aryl methyl sites for hydroxylation is 1. The molecule has 70 valence electrons. The zero-order valence-corrected chi connectivity index (χ0v) is 8.27. The lowest BCUT2D eigenvalue weighted by molar-refractivity contribution is 0.269. The Labute approximate surface area is 82.9 Å². The minimum Gasteiger partial charge on any atom is -0.312 e. The minimum atomic E-state index is -0.553. The van der Waals surface area contributed by atoms with E-state index >= 15 is 0 Å². The van der Waals surface area contributed by atoms with Crippen molar-refractivity contribution >= 4 is 22.7 Å². The molecule has 0 saturated heterocycles. The average Bonchev–Trinajstić information content (AvgIpc) is 2.08. The van der Waals surface area contributed by atoms with Crippen molar-refractivity contribution in [2.45, 2.75) is 19.8 Å². The van der Waals surface area contributed by atoms with E-state index in [-0.39, 0.29) is 0 Å². The number of carbonyl (C=O) groups is 1. The molecule has 13 heavy (non-hydrogen) atoms. The number of rotatable bonds is 3. The molecule has 0 atom stereocenters. The summed E-state index contributed by atoms with van der Waals surface area (Å²) in [5.41, 5.74) is 2.01. The summed E-state index contributed by atoms with van der Waals surface area (Å²) in [7, 11) is 0. The van der Waals surface area contributed by atoms with Crippen molar-refractivity contribution in [2.75, 3.05) is 5.32 Å². The van der Waals surface area contributed by atoms with Gasteiger partial charge in [-0.05, 0) is 35.7 Å². The van der Waals surface area contributed by atoms with Crippen molar-refractivity contribution in [3.63, 3.8) is 0 Å². The van der Waals surface area contributed by atoms with Crippen molar-refractivity contribution in [3.8, 4) is 0 Å². The molecule has 0 fully saturated rings. The summed E-state index contributed by atoms with van der Waals surface area (Å²) in [6.45, 7) is 2.13. The Kier molecular flexibility index (Phi) is 3.77. The fourth-order valence-corrected chi connectivity index (χ4v) is 1.27. The predicted molar refractivity (Wildman–Crippen MR) is 55.3 cm³/mol. The van der Waals surface area contributed by atoms with Gasteiger partial charge in [0, 0.05) is 5.69 Å². The van der Waals surface area contributed by atoms with Gasteiger partial charge in [0.05, 0.1) is 0 Å². The van der Waals surface area contributed by atoms with Crippen LogP contribution in [0, 0.1) is 0 Å². The summed E-state index contributed by atoms with van der Waals surface area (Å²) in [6, 6.07) is 7.69. The molecule has 0 heterocycles. The lowest BCUT2D eigenvalue weighted by atomic mass is 10.1. The molecule has 0 aromatic heterocycles. The van der Waals surface area contributed by atoms with Gasteiger partial charge in [-0.1, -0.05) is 25.5 Å². The summed E-state index contributed by atoms with van der Waals surface area (Å²) >= 11 is 5.16. The van der Waals surface area contributed by atoms with E-state index < -0.39 is 5.37 Å². The zero-order valence-electron chi connectivity index (χ0n) is 7.51. The highest BCUT2D eigenvalue weighted by Gasteiger charge is 1.96. The number of carbonyl (C=O) groups excluding carboxylic acids is 1. The van der Waals surface area contributed by atoms with Gasteiger partial charge in [-0.2, -0.15) is 0 Å². The van der Waals surface area contributed by atoms with Crippen molar-refractivity contribution in [1.82, 2.24) is 0 Å². The Balaban J connectivity index is 2.64. The van der Waals surface area contributed by atoms with Crippen molar-refractivity contribution in [2.24, 2.45) is 0 Å². The highest BCUT2D eigenvalue weighted by Crippen LogP contribution is 2.11. The first kappa shape index (κ1) is 10.1. The van der Waals surface area contributed by atoms with Gasteiger partial charge in [0.25, 0.3) is 0 Å². The maximum Gasteiger partial charge on any atom is 0.318 e. The molecule has 1 rings (SSSR count). The van der Waals surface area contributed by atoms with Crippen LogP contribution < -0.4 is 5.32 Å². The van der Waals surface area contributed by atoms with E-state index in [4.69, 9.17) is 11.6 Å². The van der Waals surface area contributed by atoms with E-state index in [1.807, 2.05) is 24.3 Å². The predicted octanol–water partition coefficient (Wildman–Crippen LogP) is 3.41. The van der Waals surface area contributed by atoms with Gasteiger partial charge in [0.2, 0.25) is 0 Å². The smallest absolute Gasteiger partial charge is 0.312 e. The van der Waals surface area contributed by atoms with Crippen LogP contribution in [0.1, 0.15) is 18.9 Å². The SMILES string of the molecule is CCCc1ccc(NC(=O)Cl)cc1. The topological polar surface area (TPSA) is 29.1 Å². The lowest BCUT2D eigenvalue weighted by Gasteiger charge is -2.02. The lowest BCUT2D eigenvalue weighted by Crippen LogP contribution is -2.00. The Hall–Kier alpha value is -1.02. The van der Waals surface area contributed by atoms with Gasteiger partial charge in [0.1, 0.15) is 0 Å². The molecule has 0 aliphatic carbocycles. The molecule has 0 saturated carbocycles. The van der Waals surface area contributed by atoms with Crippen LogP contribution >= 0.6 is 11.6 Å². The molecule has 0 radical (unpaired) electrons. The van der Waals surface area contributed by atoms with Gasteiger partial charge < -0.3 is 5.32 Å². The molecule has 0 bridgehead atoms. The Bertz CT molecular complexity index is 281.